The molecule has 3 amide bonds. The Kier molecular flexibility index (Phi) is 15.5. The van der Waals surface area contributed by atoms with Gasteiger partial charge >= 0.3 is 24.1 Å². The summed E-state index contributed by atoms with van der Waals surface area (Å²) in [5.74, 6) is 0.153. The lowest BCUT2D eigenvalue weighted by atomic mass is 9.70. The number of carbonyl (C=O) groups excluding carboxylic acids is 3. The van der Waals surface area contributed by atoms with Crippen LogP contribution in [0.15, 0.2) is 12.7 Å². The van der Waals surface area contributed by atoms with Gasteiger partial charge in [-0.15, -0.1) is 6.58 Å². The van der Waals surface area contributed by atoms with Gasteiger partial charge in [0.2, 0.25) is 5.91 Å². The number of carboxylic acids is 2. The van der Waals surface area contributed by atoms with E-state index in [0.29, 0.717) is 6.42 Å². The van der Waals surface area contributed by atoms with Crippen molar-refractivity contribution in [3.05, 3.63) is 12.7 Å². The van der Waals surface area contributed by atoms with Gasteiger partial charge in [0.25, 0.3) is 0 Å². The number of aliphatic carboxylic acids is 2. The first-order chi connectivity index (χ1) is 15.2. The van der Waals surface area contributed by atoms with E-state index in [-0.39, 0.29) is 19.3 Å². The first kappa shape index (κ1) is 35.4. The number of urea groups is 1. The summed E-state index contributed by atoms with van der Waals surface area (Å²) in [6.07, 6.45) is -2.99. The van der Waals surface area contributed by atoms with E-state index < -0.39 is 52.8 Å². The second-order valence-corrected chi connectivity index (χ2v) is 7.25. The number of hydrogen-bond acceptors (Lipinski definition) is 7. The van der Waals surface area contributed by atoms with Crippen LogP contribution in [0.25, 0.3) is 0 Å². The van der Waals surface area contributed by atoms with E-state index >= 15 is 0 Å². The molecule has 0 aliphatic rings. The highest BCUT2D eigenvalue weighted by atomic mass is 19.4. The standard InChI is InChI=1S/C16H29N3O4.C2HF3O2.CH4N2O/c1-6-9-12(20)19(18)16(10-7-2,11(4)5)13(21)15(17,8-3)14(22)23;3-2(4,5)1(6)7;2-1(3)4/h7,11H,2,6,8-10,17-18H2,1,3-5H3,(H,22,23);(H,6,7);(H4,2,3,4)/t15?,16-;;/m0../s1. The van der Waals surface area contributed by atoms with Gasteiger partial charge in [0.15, 0.2) is 11.3 Å². The third kappa shape index (κ3) is 10.2. The number of hydrogen-bond donors (Lipinski definition) is 6. The second-order valence-electron chi connectivity index (χ2n) is 7.25. The second kappa shape index (κ2) is 14.8. The number of nitrogens with zero attached hydrogens (tertiary/aromatic N) is 1. The summed E-state index contributed by atoms with van der Waals surface area (Å²) in [5.41, 5.74) is 10.7. The fourth-order valence-corrected chi connectivity index (χ4v) is 2.65. The van der Waals surface area contributed by atoms with Gasteiger partial charge in [0, 0.05) is 6.42 Å². The van der Waals surface area contributed by atoms with Gasteiger partial charge in [-0.3, -0.25) is 14.6 Å². The fraction of sp³-hybridized carbons (Fsp3) is 0.632. The van der Waals surface area contributed by atoms with Gasteiger partial charge in [-0.25, -0.2) is 20.2 Å². The summed E-state index contributed by atoms with van der Waals surface area (Å²) in [5, 5.41) is 17.4. The number of alkyl halides is 3. The van der Waals surface area contributed by atoms with Gasteiger partial charge in [-0.2, -0.15) is 13.2 Å². The molecule has 2 atom stereocenters. The Morgan fingerprint density at radius 1 is 1.03 bits per heavy atom. The van der Waals surface area contributed by atoms with E-state index in [1.54, 1.807) is 13.8 Å². The molecule has 198 valence electrons. The van der Waals surface area contributed by atoms with Crippen molar-refractivity contribution in [3.63, 3.8) is 0 Å². The molecule has 0 heterocycles. The maximum Gasteiger partial charge on any atom is 0.490 e. The summed E-state index contributed by atoms with van der Waals surface area (Å²) in [4.78, 5) is 54.9. The summed E-state index contributed by atoms with van der Waals surface area (Å²) < 4.78 is 31.7. The molecule has 0 radical (unpaired) electrons. The topological polar surface area (TPSA) is 233 Å². The number of nitrogens with two attached hydrogens (primary N) is 4. The van der Waals surface area contributed by atoms with E-state index in [2.05, 4.69) is 18.0 Å². The van der Waals surface area contributed by atoms with Crippen molar-refractivity contribution in [3.8, 4) is 0 Å². The van der Waals surface area contributed by atoms with Crippen molar-refractivity contribution in [2.24, 2.45) is 29.0 Å². The number of Topliss-reactive ketones (excluding diaryl/α,β-unsaturated/α-hetero) is 1. The van der Waals surface area contributed by atoms with Crippen LogP contribution in [-0.2, 0) is 19.2 Å². The highest BCUT2D eigenvalue weighted by Gasteiger charge is 2.56. The Bertz CT molecular complexity index is 742. The smallest absolute Gasteiger partial charge is 0.480 e. The molecule has 34 heavy (non-hydrogen) atoms. The molecule has 0 rings (SSSR count). The molecule has 0 aromatic heterocycles. The molecular weight excluding hydrogens is 467 g/mol. The summed E-state index contributed by atoms with van der Waals surface area (Å²) in [7, 11) is 0. The number of ketones is 1. The van der Waals surface area contributed by atoms with Crippen molar-refractivity contribution < 1.29 is 47.4 Å². The molecule has 0 aromatic carbocycles. The molecular formula is C19H34F3N5O7. The molecule has 12 nitrogen and oxygen atoms in total. The Morgan fingerprint density at radius 2 is 1.41 bits per heavy atom. The van der Waals surface area contributed by atoms with E-state index in [1.165, 1.54) is 13.0 Å². The Morgan fingerprint density at radius 3 is 1.62 bits per heavy atom. The minimum atomic E-state index is -5.08. The number of hydrazine groups is 1. The minimum Gasteiger partial charge on any atom is -0.480 e. The fourth-order valence-electron chi connectivity index (χ4n) is 2.65. The van der Waals surface area contributed by atoms with E-state index in [4.69, 9.17) is 26.3 Å². The van der Waals surface area contributed by atoms with E-state index in [9.17, 15) is 32.7 Å². The zero-order valence-electron chi connectivity index (χ0n) is 19.5. The third-order valence-corrected chi connectivity index (χ3v) is 4.55. The summed E-state index contributed by atoms with van der Waals surface area (Å²) in [6.45, 7) is 10.4. The van der Waals surface area contributed by atoms with Crippen LogP contribution in [0, 0.1) is 5.92 Å². The third-order valence-electron chi connectivity index (χ3n) is 4.55. The number of amides is 3. The van der Waals surface area contributed by atoms with Crippen LogP contribution in [0.3, 0.4) is 0 Å². The SMILES string of the molecule is C=CC[C@@](C(=O)C(N)(CC)C(=O)O)(C(C)C)N(N)C(=O)CCC.NC(N)=O.O=C(O)C(F)(F)F. The van der Waals surface area contributed by atoms with Crippen LogP contribution in [-0.4, -0.2) is 62.1 Å². The van der Waals surface area contributed by atoms with E-state index in [0.717, 1.165) is 5.01 Å². The van der Waals surface area contributed by atoms with Crippen molar-refractivity contribution in [1.29, 1.82) is 0 Å². The van der Waals surface area contributed by atoms with Crippen LogP contribution in [0.4, 0.5) is 18.0 Å². The average Bonchev–Trinajstić information content (AvgIpc) is 2.69. The highest BCUT2D eigenvalue weighted by Crippen LogP contribution is 2.33. The molecule has 0 saturated heterocycles. The zero-order chi connectivity index (χ0) is 28.1. The first-order valence-corrected chi connectivity index (χ1v) is 9.84. The van der Waals surface area contributed by atoms with E-state index in [1.807, 2.05) is 6.92 Å². The molecule has 0 aliphatic carbocycles. The van der Waals surface area contributed by atoms with Crippen LogP contribution in [0.2, 0.25) is 0 Å². The monoisotopic (exact) mass is 501 g/mol. The Hall–Kier alpha value is -3.20. The van der Waals surface area contributed by atoms with Crippen molar-refractivity contribution in [2.45, 2.75) is 70.6 Å². The van der Waals surface area contributed by atoms with Gasteiger partial charge in [-0.05, 0) is 25.2 Å². The summed E-state index contributed by atoms with van der Waals surface area (Å²) >= 11 is 0. The maximum absolute atomic E-state index is 13.1. The van der Waals surface area contributed by atoms with Crippen LogP contribution in [0.1, 0.15) is 53.4 Å². The number of primary amides is 2. The molecule has 0 aromatic rings. The van der Waals surface area contributed by atoms with Gasteiger partial charge in [-0.1, -0.05) is 33.8 Å². The Labute approximate surface area is 195 Å². The molecule has 0 aliphatic heterocycles. The van der Waals surface area contributed by atoms with Gasteiger partial charge < -0.3 is 27.4 Å². The predicted molar refractivity (Wildman–Crippen MR) is 116 cm³/mol. The van der Waals surface area contributed by atoms with Gasteiger partial charge in [0.1, 0.15) is 5.54 Å². The average molecular weight is 502 g/mol. The Balaban J connectivity index is -0.000000720. The maximum atomic E-state index is 13.1. The lowest BCUT2D eigenvalue weighted by molar-refractivity contribution is -0.192. The molecule has 1 unspecified atom stereocenters. The number of carbonyl (C=O) groups is 5. The molecule has 15 heteroatoms. The molecule has 0 fully saturated rings. The zero-order valence-corrected chi connectivity index (χ0v) is 19.5. The van der Waals surface area contributed by atoms with Crippen molar-refractivity contribution >= 4 is 29.7 Å². The van der Waals surface area contributed by atoms with Gasteiger partial charge in [0.05, 0.1) is 0 Å². The largest absolute Gasteiger partial charge is 0.490 e. The van der Waals surface area contributed by atoms with Crippen molar-refractivity contribution in [1.82, 2.24) is 5.01 Å². The van der Waals surface area contributed by atoms with Crippen LogP contribution >= 0.6 is 0 Å². The summed E-state index contributed by atoms with van der Waals surface area (Å²) in [6, 6.07) is -0.833. The van der Waals surface area contributed by atoms with Crippen molar-refractivity contribution in [2.75, 3.05) is 0 Å². The van der Waals surface area contributed by atoms with Crippen LogP contribution in [0.5, 0.6) is 0 Å². The highest BCUT2D eigenvalue weighted by molar-refractivity contribution is 6.12. The first-order valence-electron chi connectivity index (χ1n) is 9.84. The van der Waals surface area contributed by atoms with Crippen LogP contribution < -0.4 is 23.0 Å². The molecule has 0 spiro atoms. The predicted octanol–water partition coefficient (Wildman–Crippen LogP) is 0.878. The molecule has 0 saturated carbocycles. The quantitative estimate of drug-likeness (QED) is 0.0818. The normalized spacial score (nSPS) is 14.1. The number of halogens is 3. The minimum absolute atomic E-state index is 0.0294. The number of rotatable bonds is 10. The molecule has 0 bridgehead atoms. The lowest BCUT2D eigenvalue weighted by Gasteiger charge is -2.45. The number of carboxylic acid groups (broad SMARTS) is 2. The molecule has 10 N–H and O–H groups in total. The lowest BCUT2D eigenvalue weighted by Crippen LogP contribution is -2.71.